The Morgan fingerprint density at radius 1 is 1.73 bits per heavy atom. The average molecular weight is 206 g/mol. The van der Waals surface area contributed by atoms with E-state index >= 15 is 0 Å². The zero-order valence-electron chi connectivity index (χ0n) is 6.37. The number of thiazole rings is 1. The highest BCUT2D eigenvalue weighted by Gasteiger charge is 2.07. The van der Waals surface area contributed by atoms with E-state index in [1.807, 2.05) is 13.8 Å². The molecule has 0 spiro atoms. The number of nitrogens with zero attached hydrogens (tertiary/aromatic N) is 1. The van der Waals surface area contributed by atoms with Gasteiger partial charge in [0, 0.05) is 0 Å². The topological polar surface area (TPSA) is 38.9 Å². The number of thiol groups is 1. The minimum Gasteiger partial charge on any atom is -0.388 e. The molecule has 0 saturated carbocycles. The molecule has 1 atom stereocenters. The van der Waals surface area contributed by atoms with E-state index < -0.39 is 0 Å². The van der Waals surface area contributed by atoms with E-state index in [-0.39, 0.29) is 4.58 Å². The molecule has 1 aromatic heterocycles. The molecule has 11 heavy (non-hydrogen) atoms. The number of anilines is 1. The van der Waals surface area contributed by atoms with Gasteiger partial charge in [-0.05, 0) is 13.8 Å². The molecule has 0 aliphatic carbocycles. The number of nitrogen functional groups attached to an aromatic ring is 1. The van der Waals surface area contributed by atoms with Crippen molar-refractivity contribution < 1.29 is 0 Å². The SMILES string of the molecule is Cc1nc(SC(C)S)c(N)s1. The van der Waals surface area contributed by atoms with Gasteiger partial charge in [-0.15, -0.1) is 11.3 Å². The van der Waals surface area contributed by atoms with Crippen LogP contribution in [0.4, 0.5) is 5.00 Å². The lowest BCUT2D eigenvalue weighted by Gasteiger charge is -1.99. The number of aromatic nitrogens is 1. The van der Waals surface area contributed by atoms with Crippen LogP contribution in [0.3, 0.4) is 0 Å². The van der Waals surface area contributed by atoms with Crippen molar-refractivity contribution in [2.75, 3.05) is 5.73 Å². The number of thioether (sulfide) groups is 1. The summed E-state index contributed by atoms with van der Waals surface area (Å²) >= 11 is 7.35. The predicted octanol–water partition coefficient (Wildman–Crippen LogP) is 2.40. The van der Waals surface area contributed by atoms with E-state index in [9.17, 15) is 0 Å². The maximum Gasteiger partial charge on any atom is 0.132 e. The number of aryl methyl sites for hydroxylation is 1. The van der Waals surface area contributed by atoms with Gasteiger partial charge in [0.05, 0.1) is 9.59 Å². The summed E-state index contributed by atoms with van der Waals surface area (Å²) in [6.45, 7) is 3.95. The summed E-state index contributed by atoms with van der Waals surface area (Å²) in [7, 11) is 0. The summed E-state index contributed by atoms with van der Waals surface area (Å²) in [4.78, 5) is 4.26. The second-order valence-corrected chi connectivity index (χ2v) is 5.81. The molecule has 0 radical (unpaired) electrons. The predicted molar refractivity (Wildman–Crippen MR) is 55.6 cm³/mol. The van der Waals surface area contributed by atoms with Crippen molar-refractivity contribution in [2.45, 2.75) is 23.5 Å². The molecule has 0 fully saturated rings. The fourth-order valence-electron chi connectivity index (χ4n) is 0.670. The van der Waals surface area contributed by atoms with Gasteiger partial charge in [0.15, 0.2) is 0 Å². The summed E-state index contributed by atoms with van der Waals surface area (Å²) in [6.07, 6.45) is 0. The van der Waals surface area contributed by atoms with E-state index in [2.05, 4.69) is 17.6 Å². The molecular weight excluding hydrogens is 196 g/mol. The van der Waals surface area contributed by atoms with Crippen molar-refractivity contribution >= 4 is 40.7 Å². The van der Waals surface area contributed by atoms with Crippen molar-refractivity contribution in [1.29, 1.82) is 0 Å². The van der Waals surface area contributed by atoms with Crippen molar-refractivity contribution in [3.63, 3.8) is 0 Å². The molecule has 5 heteroatoms. The van der Waals surface area contributed by atoms with Crippen LogP contribution in [0, 0.1) is 6.92 Å². The van der Waals surface area contributed by atoms with Crippen LogP contribution < -0.4 is 5.73 Å². The molecular formula is C6H10N2S3. The van der Waals surface area contributed by atoms with Crippen LogP contribution in [0.15, 0.2) is 5.03 Å². The second kappa shape index (κ2) is 3.69. The van der Waals surface area contributed by atoms with Gasteiger partial charge in [-0.1, -0.05) is 11.8 Å². The molecule has 0 aromatic carbocycles. The first-order chi connectivity index (χ1) is 5.09. The van der Waals surface area contributed by atoms with Gasteiger partial charge in [0.25, 0.3) is 0 Å². The fourth-order valence-corrected chi connectivity index (χ4v) is 2.51. The van der Waals surface area contributed by atoms with E-state index in [4.69, 9.17) is 5.73 Å². The smallest absolute Gasteiger partial charge is 0.132 e. The molecule has 1 heterocycles. The maximum atomic E-state index is 5.69. The van der Waals surface area contributed by atoms with Crippen molar-refractivity contribution in [2.24, 2.45) is 0 Å². The average Bonchev–Trinajstić information content (AvgIpc) is 2.09. The lowest BCUT2D eigenvalue weighted by molar-refractivity contribution is 1.14. The summed E-state index contributed by atoms with van der Waals surface area (Å²) in [5.74, 6) is 0. The van der Waals surface area contributed by atoms with Crippen LogP contribution in [0.2, 0.25) is 0 Å². The molecule has 62 valence electrons. The zero-order valence-corrected chi connectivity index (χ0v) is 8.89. The largest absolute Gasteiger partial charge is 0.388 e. The third kappa shape index (κ3) is 2.57. The first kappa shape index (κ1) is 9.22. The second-order valence-electron chi connectivity index (χ2n) is 2.12. The van der Waals surface area contributed by atoms with Crippen LogP contribution in [-0.2, 0) is 0 Å². The lowest BCUT2D eigenvalue weighted by atomic mass is 10.8. The first-order valence-corrected chi connectivity index (χ1v) is 5.38. The Hall–Kier alpha value is 0.130. The Morgan fingerprint density at radius 2 is 2.36 bits per heavy atom. The fraction of sp³-hybridized carbons (Fsp3) is 0.500. The van der Waals surface area contributed by atoms with E-state index in [0.29, 0.717) is 0 Å². The van der Waals surface area contributed by atoms with Gasteiger partial charge in [0.1, 0.15) is 10.0 Å². The van der Waals surface area contributed by atoms with Crippen molar-refractivity contribution in [1.82, 2.24) is 4.98 Å². The lowest BCUT2D eigenvalue weighted by Crippen LogP contribution is -1.87. The van der Waals surface area contributed by atoms with Crippen LogP contribution in [-0.4, -0.2) is 9.57 Å². The Balaban J connectivity index is 2.77. The molecule has 2 N–H and O–H groups in total. The molecule has 0 amide bonds. The third-order valence-corrected chi connectivity index (χ3v) is 3.13. The molecule has 0 saturated heterocycles. The number of rotatable bonds is 2. The van der Waals surface area contributed by atoms with E-state index in [1.54, 1.807) is 11.8 Å². The van der Waals surface area contributed by atoms with Crippen LogP contribution >= 0.6 is 35.7 Å². The Kier molecular flexibility index (Phi) is 3.09. The highest BCUT2D eigenvalue weighted by molar-refractivity contribution is 8.10. The standard InChI is InChI=1S/C6H10N2S3/c1-3-8-6(5(7)10-3)11-4(2)9/h4,9H,7H2,1-2H3. The molecule has 1 rings (SSSR count). The minimum absolute atomic E-state index is 0.249. The summed E-state index contributed by atoms with van der Waals surface area (Å²) in [6, 6.07) is 0. The number of hydrogen-bond acceptors (Lipinski definition) is 5. The van der Waals surface area contributed by atoms with Crippen LogP contribution in [0.1, 0.15) is 11.9 Å². The monoisotopic (exact) mass is 206 g/mol. The van der Waals surface area contributed by atoms with E-state index in [1.165, 1.54) is 11.3 Å². The molecule has 1 aromatic rings. The van der Waals surface area contributed by atoms with Gasteiger partial charge in [-0.25, -0.2) is 4.98 Å². The molecule has 0 bridgehead atoms. The normalized spacial score (nSPS) is 13.4. The minimum atomic E-state index is 0.249. The van der Waals surface area contributed by atoms with Crippen molar-refractivity contribution in [3.05, 3.63) is 5.01 Å². The van der Waals surface area contributed by atoms with Gasteiger partial charge in [-0.2, -0.15) is 12.6 Å². The number of hydrogen-bond donors (Lipinski definition) is 2. The Labute approximate surface area is 80.0 Å². The third-order valence-electron chi connectivity index (χ3n) is 1.01. The quantitative estimate of drug-likeness (QED) is 0.443. The highest BCUT2D eigenvalue weighted by atomic mass is 32.2. The molecule has 0 aliphatic heterocycles. The Bertz CT molecular complexity index is 244. The number of nitrogens with two attached hydrogens (primary N) is 1. The highest BCUT2D eigenvalue weighted by Crippen LogP contribution is 2.32. The molecule has 1 unspecified atom stereocenters. The van der Waals surface area contributed by atoms with Crippen LogP contribution in [0.25, 0.3) is 0 Å². The molecule has 2 nitrogen and oxygen atoms in total. The summed E-state index contributed by atoms with van der Waals surface area (Å²) in [5, 5.41) is 2.72. The van der Waals surface area contributed by atoms with Crippen LogP contribution in [0.5, 0.6) is 0 Å². The first-order valence-electron chi connectivity index (χ1n) is 3.17. The van der Waals surface area contributed by atoms with E-state index in [0.717, 1.165) is 15.0 Å². The van der Waals surface area contributed by atoms with Gasteiger partial charge in [-0.3, -0.25) is 0 Å². The maximum absolute atomic E-state index is 5.69. The molecule has 0 aliphatic rings. The van der Waals surface area contributed by atoms with Gasteiger partial charge in [0.2, 0.25) is 0 Å². The van der Waals surface area contributed by atoms with Crippen molar-refractivity contribution in [3.8, 4) is 0 Å². The van der Waals surface area contributed by atoms with Gasteiger partial charge < -0.3 is 5.73 Å². The summed E-state index contributed by atoms with van der Waals surface area (Å²) < 4.78 is 0.249. The summed E-state index contributed by atoms with van der Waals surface area (Å²) in [5.41, 5.74) is 5.69. The zero-order chi connectivity index (χ0) is 8.43. The van der Waals surface area contributed by atoms with Gasteiger partial charge >= 0.3 is 0 Å². The Morgan fingerprint density at radius 3 is 2.73 bits per heavy atom.